The van der Waals surface area contributed by atoms with E-state index in [2.05, 4.69) is 0 Å². The van der Waals surface area contributed by atoms with Crippen molar-refractivity contribution in [3.8, 4) is 0 Å². The summed E-state index contributed by atoms with van der Waals surface area (Å²) in [5, 5.41) is 0. The zero-order valence-corrected chi connectivity index (χ0v) is 8.02. The molecule has 0 spiro atoms. The second-order valence-corrected chi connectivity index (χ2v) is 4.06. The molecule has 0 aliphatic carbocycles. The predicted octanol–water partition coefficient (Wildman–Crippen LogP) is 0.698. The molecule has 2 rings (SSSR count). The molecule has 2 aliphatic rings. The fourth-order valence-electron chi connectivity index (χ4n) is 1.84. The summed E-state index contributed by atoms with van der Waals surface area (Å²) in [5.74, 6) is -0.512. The smallest absolute Gasteiger partial charge is 0.188 e. The van der Waals surface area contributed by atoms with Crippen LogP contribution in [0.1, 0.15) is 20.8 Å². The van der Waals surface area contributed by atoms with Gasteiger partial charge < -0.3 is 19.0 Å². The van der Waals surface area contributed by atoms with Gasteiger partial charge in [-0.3, -0.25) is 0 Å². The lowest BCUT2D eigenvalue weighted by atomic mass is 10.0. The van der Waals surface area contributed by atoms with Crippen LogP contribution in [-0.2, 0) is 19.0 Å². The Kier molecular flexibility index (Phi) is 1.94. The van der Waals surface area contributed by atoms with Gasteiger partial charge in [-0.05, 0) is 13.8 Å². The maximum atomic E-state index is 10.6. The Morgan fingerprint density at radius 2 is 2.00 bits per heavy atom. The van der Waals surface area contributed by atoms with E-state index in [4.69, 9.17) is 14.2 Å². The summed E-state index contributed by atoms with van der Waals surface area (Å²) in [6.45, 7) is 5.63. The topological polar surface area (TPSA) is 44.8 Å². The number of carbonyl (C=O) groups is 1. The highest BCUT2D eigenvalue weighted by Gasteiger charge is 2.52. The average Bonchev–Trinajstić information content (AvgIpc) is 2.47. The first-order valence-corrected chi connectivity index (χ1v) is 4.50. The molecule has 4 atom stereocenters. The largest absolute Gasteiger partial charge is 0.341 e. The van der Waals surface area contributed by atoms with Gasteiger partial charge in [0.1, 0.15) is 18.5 Å². The summed E-state index contributed by atoms with van der Waals surface area (Å²) in [4.78, 5) is 10.6. The highest BCUT2D eigenvalue weighted by Crippen LogP contribution is 2.39. The van der Waals surface area contributed by atoms with Crippen LogP contribution in [0, 0.1) is 5.92 Å². The number of aldehydes is 1. The average molecular weight is 186 g/mol. The molecule has 0 radical (unpaired) electrons. The van der Waals surface area contributed by atoms with E-state index in [0.717, 1.165) is 6.29 Å². The molecule has 0 aromatic heterocycles. The van der Waals surface area contributed by atoms with Crippen molar-refractivity contribution < 1.29 is 19.0 Å². The molecule has 2 heterocycles. The second-order valence-electron chi connectivity index (χ2n) is 4.06. The monoisotopic (exact) mass is 186 g/mol. The Morgan fingerprint density at radius 1 is 1.31 bits per heavy atom. The Balaban J connectivity index is 2.11. The molecule has 74 valence electrons. The minimum atomic E-state index is -0.586. The van der Waals surface area contributed by atoms with Crippen molar-refractivity contribution in [2.45, 2.75) is 45.1 Å². The molecule has 4 nitrogen and oxygen atoms in total. The SMILES string of the molecule is C[C@H]1[C@@H](C=O)OC2OC(C)(C)O[C@@H]21. The molecule has 0 N–H and O–H groups in total. The highest BCUT2D eigenvalue weighted by molar-refractivity contribution is 5.57. The minimum absolute atomic E-state index is 0.0734. The zero-order chi connectivity index (χ0) is 9.64. The van der Waals surface area contributed by atoms with E-state index in [9.17, 15) is 4.79 Å². The molecular weight excluding hydrogens is 172 g/mol. The van der Waals surface area contributed by atoms with E-state index in [0.29, 0.717) is 0 Å². The summed E-state index contributed by atoms with van der Waals surface area (Å²) in [5.41, 5.74) is 0. The van der Waals surface area contributed by atoms with Gasteiger partial charge in [0.05, 0.1) is 0 Å². The third kappa shape index (κ3) is 1.39. The van der Waals surface area contributed by atoms with Gasteiger partial charge >= 0.3 is 0 Å². The van der Waals surface area contributed by atoms with Crippen molar-refractivity contribution in [1.82, 2.24) is 0 Å². The first-order chi connectivity index (χ1) is 6.03. The maximum Gasteiger partial charge on any atom is 0.188 e. The van der Waals surface area contributed by atoms with Crippen LogP contribution in [0.5, 0.6) is 0 Å². The van der Waals surface area contributed by atoms with Crippen molar-refractivity contribution in [3.05, 3.63) is 0 Å². The first-order valence-electron chi connectivity index (χ1n) is 4.50. The van der Waals surface area contributed by atoms with Crippen LogP contribution in [0.2, 0.25) is 0 Å². The lowest BCUT2D eigenvalue weighted by molar-refractivity contribution is -0.207. The van der Waals surface area contributed by atoms with E-state index in [-0.39, 0.29) is 24.4 Å². The molecule has 0 amide bonds. The van der Waals surface area contributed by atoms with Crippen LogP contribution < -0.4 is 0 Å². The van der Waals surface area contributed by atoms with E-state index in [1.165, 1.54) is 0 Å². The minimum Gasteiger partial charge on any atom is -0.341 e. The van der Waals surface area contributed by atoms with E-state index in [1.54, 1.807) is 0 Å². The molecule has 4 heteroatoms. The number of fused-ring (bicyclic) bond motifs is 1. The Morgan fingerprint density at radius 3 is 2.54 bits per heavy atom. The van der Waals surface area contributed by atoms with Gasteiger partial charge in [0.2, 0.25) is 0 Å². The van der Waals surface area contributed by atoms with Crippen LogP contribution in [-0.4, -0.2) is 30.6 Å². The molecule has 13 heavy (non-hydrogen) atoms. The quantitative estimate of drug-likeness (QED) is 0.565. The van der Waals surface area contributed by atoms with Crippen LogP contribution in [0.3, 0.4) is 0 Å². The number of hydrogen-bond acceptors (Lipinski definition) is 4. The summed E-state index contributed by atoms with van der Waals surface area (Å²) >= 11 is 0. The highest BCUT2D eigenvalue weighted by atomic mass is 16.8. The van der Waals surface area contributed by atoms with Gasteiger partial charge in [-0.1, -0.05) is 6.92 Å². The molecule has 0 saturated carbocycles. The van der Waals surface area contributed by atoms with E-state index < -0.39 is 5.79 Å². The van der Waals surface area contributed by atoms with E-state index in [1.807, 2.05) is 20.8 Å². The van der Waals surface area contributed by atoms with Crippen molar-refractivity contribution in [2.75, 3.05) is 0 Å². The number of hydrogen-bond donors (Lipinski definition) is 0. The number of ether oxygens (including phenoxy) is 3. The van der Waals surface area contributed by atoms with Crippen LogP contribution in [0.25, 0.3) is 0 Å². The lowest BCUT2D eigenvalue weighted by Crippen LogP contribution is -2.29. The maximum absolute atomic E-state index is 10.6. The van der Waals surface area contributed by atoms with Gasteiger partial charge in [-0.2, -0.15) is 0 Å². The van der Waals surface area contributed by atoms with Gasteiger partial charge in [0, 0.05) is 5.92 Å². The Bertz CT molecular complexity index is 226. The Labute approximate surface area is 77.1 Å². The van der Waals surface area contributed by atoms with Gasteiger partial charge in [-0.25, -0.2) is 0 Å². The van der Waals surface area contributed by atoms with Crippen molar-refractivity contribution in [2.24, 2.45) is 5.92 Å². The molecule has 2 aliphatic heterocycles. The molecular formula is C9H14O4. The first kappa shape index (κ1) is 9.12. The normalized spacial score (nSPS) is 47.6. The van der Waals surface area contributed by atoms with Crippen LogP contribution >= 0.6 is 0 Å². The van der Waals surface area contributed by atoms with Gasteiger partial charge in [0.25, 0.3) is 0 Å². The van der Waals surface area contributed by atoms with Crippen LogP contribution in [0.4, 0.5) is 0 Å². The molecule has 0 aromatic carbocycles. The molecule has 2 saturated heterocycles. The fraction of sp³-hybridized carbons (Fsp3) is 0.889. The number of rotatable bonds is 1. The lowest BCUT2D eigenvalue weighted by Gasteiger charge is -2.21. The molecule has 2 fully saturated rings. The standard InChI is InChI=1S/C9H14O4/c1-5-6(4-10)11-8-7(5)12-9(2,3)13-8/h4-8H,1-3H3/t5-,6+,7+,8?/m0/s1. The molecule has 0 bridgehead atoms. The molecule has 1 unspecified atom stereocenters. The zero-order valence-electron chi connectivity index (χ0n) is 8.02. The summed E-state index contributed by atoms with van der Waals surface area (Å²) < 4.78 is 16.4. The fourth-order valence-corrected chi connectivity index (χ4v) is 1.84. The summed E-state index contributed by atoms with van der Waals surface area (Å²) in [6.07, 6.45) is -0.0561. The van der Waals surface area contributed by atoms with Gasteiger partial charge in [0.15, 0.2) is 12.1 Å². The number of carbonyl (C=O) groups excluding carboxylic acids is 1. The van der Waals surface area contributed by atoms with Crippen LogP contribution in [0.15, 0.2) is 0 Å². The van der Waals surface area contributed by atoms with Gasteiger partial charge in [-0.15, -0.1) is 0 Å². The summed E-state index contributed by atoms with van der Waals surface area (Å²) in [6, 6.07) is 0. The Hall–Kier alpha value is -0.450. The van der Waals surface area contributed by atoms with Crippen molar-refractivity contribution >= 4 is 6.29 Å². The van der Waals surface area contributed by atoms with E-state index >= 15 is 0 Å². The second kappa shape index (κ2) is 2.77. The molecule has 0 aromatic rings. The third-order valence-corrected chi connectivity index (χ3v) is 2.55. The summed E-state index contributed by atoms with van der Waals surface area (Å²) in [7, 11) is 0. The van der Waals surface area contributed by atoms with Crippen molar-refractivity contribution in [3.63, 3.8) is 0 Å². The predicted molar refractivity (Wildman–Crippen MR) is 43.9 cm³/mol. The third-order valence-electron chi connectivity index (χ3n) is 2.55. The van der Waals surface area contributed by atoms with Crippen molar-refractivity contribution in [1.29, 1.82) is 0 Å².